The zero-order valence-electron chi connectivity index (χ0n) is 20.0. The third-order valence-electron chi connectivity index (χ3n) is 7.23. The Kier molecular flexibility index (Phi) is 4.02. The molecule has 0 aliphatic heterocycles. The number of hydrogen-bond acceptors (Lipinski definition) is 1. The fraction of sp³-hybridized carbons (Fsp3) is 0.286. The number of pyridine rings is 1. The Hall–Kier alpha value is -2.66. The van der Waals surface area contributed by atoms with Gasteiger partial charge in [0.25, 0.3) is 0 Å². The number of hydrogen-bond donors (Lipinski definition) is 0. The van der Waals surface area contributed by atoms with Crippen LogP contribution in [0.25, 0.3) is 49.1 Å². The zero-order valence-corrected chi connectivity index (χ0v) is 22.1. The van der Waals surface area contributed by atoms with Crippen molar-refractivity contribution in [2.75, 3.05) is 0 Å². The molecular formula is C28H30GeN3+. The van der Waals surface area contributed by atoms with E-state index in [1.165, 1.54) is 59.1 Å². The summed E-state index contributed by atoms with van der Waals surface area (Å²) in [6, 6.07) is 16.5. The molecule has 0 unspecified atom stereocenters. The van der Waals surface area contributed by atoms with Gasteiger partial charge in [0, 0.05) is 0 Å². The summed E-state index contributed by atoms with van der Waals surface area (Å²) < 4.78 is 6.27. The molecule has 3 heterocycles. The van der Waals surface area contributed by atoms with Gasteiger partial charge in [-0.3, -0.25) is 0 Å². The molecule has 0 N–H and O–H groups in total. The first-order valence-corrected chi connectivity index (χ1v) is 18.9. The summed E-state index contributed by atoms with van der Waals surface area (Å²) in [4.78, 5) is 4.91. The van der Waals surface area contributed by atoms with Gasteiger partial charge in [0.1, 0.15) is 0 Å². The van der Waals surface area contributed by atoms with E-state index in [0.717, 1.165) is 5.52 Å². The average molecular weight is 481 g/mol. The monoisotopic (exact) mass is 482 g/mol. The molecule has 0 aliphatic carbocycles. The summed E-state index contributed by atoms with van der Waals surface area (Å²) in [6.07, 6.45) is 1.99. The van der Waals surface area contributed by atoms with Crippen molar-refractivity contribution in [1.29, 1.82) is 0 Å². The molecule has 0 atom stereocenters. The van der Waals surface area contributed by atoms with Crippen molar-refractivity contribution in [3.05, 3.63) is 59.9 Å². The molecule has 32 heavy (non-hydrogen) atoms. The molecule has 3 aromatic heterocycles. The summed E-state index contributed by atoms with van der Waals surface area (Å²) in [7, 11) is 2.13. The van der Waals surface area contributed by atoms with Crippen LogP contribution in [-0.2, 0) is 7.05 Å². The van der Waals surface area contributed by atoms with Crippen LogP contribution in [0.3, 0.4) is 0 Å². The van der Waals surface area contributed by atoms with Crippen LogP contribution in [-0.4, -0.2) is 22.7 Å². The SMILES string of the molecule is Cc1ccc2c3ccc(C(C)C)cc3n3c4c[c]([Ge]([CH3])([CH3])[CH3])cc5nc[n+](C)c(c1c23)c54. The maximum atomic E-state index is 4.91. The first kappa shape index (κ1) is 20.0. The molecule has 0 bridgehead atoms. The minimum absolute atomic E-state index is 0.498. The van der Waals surface area contributed by atoms with Crippen molar-refractivity contribution in [3.63, 3.8) is 0 Å². The molecule has 0 radical (unpaired) electrons. The minimum atomic E-state index is -2.08. The average Bonchev–Trinajstić information content (AvgIpc) is 3.07. The van der Waals surface area contributed by atoms with E-state index in [1.54, 1.807) is 0 Å². The predicted octanol–water partition coefficient (Wildman–Crippen LogP) is 6.19. The maximum absolute atomic E-state index is 4.91. The van der Waals surface area contributed by atoms with E-state index in [2.05, 4.69) is 96.5 Å². The Labute approximate surface area is 191 Å². The van der Waals surface area contributed by atoms with Gasteiger partial charge in [-0.25, -0.2) is 0 Å². The van der Waals surface area contributed by atoms with Gasteiger partial charge in [0.05, 0.1) is 0 Å². The molecule has 0 aliphatic rings. The van der Waals surface area contributed by atoms with E-state index in [4.69, 9.17) is 4.98 Å². The molecule has 6 rings (SSSR count). The zero-order chi connectivity index (χ0) is 22.5. The normalized spacial score (nSPS) is 13.1. The van der Waals surface area contributed by atoms with E-state index in [9.17, 15) is 0 Å². The molecule has 160 valence electrons. The molecule has 4 heteroatoms. The topological polar surface area (TPSA) is 21.2 Å². The molecule has 3 aromatic carbocycles. The molecule has 0 saturated carbocycles. The van der Waals surface area contributed by atoms with E-state index in [1.807, 2.05) is 6.33 Å². The molecule has 6 aromatic rings. The van der Waals surface area contributed by atoms with Gasteiger partial charge in [-0.1, -0.05) is 0 Å². The fourth-order valence-electron chi connectivity index (χ4n) is 5.38. The van der Waals surface area contributed by atoms with Crippen molar-refractivity contribution in [1.82, 2.24) is 9.38 Å². The van der Waals surface area contributed by atoms with E-state index in [-0.39, 0.29) is 0 Å². The van der Waals surface area contributed by atoms with Crippen LogP contribution in [0.2, 0.25) is 17.3 Å². The van der Waals surface area contributed by atoms with Crippen molar-refractivity contribution >= 4 is 66.8 Å². The standard InChI is InChI=1S/C28H30GeN3/c1-16(2)18-9-11-20-21-10-8-17(3)25-27(21)32(23(20)12-18)24-14-19(29(4,5)6)13-22-26(24)28(25)31(7)15-30-22/h8-16H,1-7H3/q+1. The summed E-state index contributed by atoms with van der Waals surface area (Å²) in [5.74, 6) is 7.91. The number of benzene rings is 3. The van der Waals surface area contributed by atoms with E-state index >= 15 is 0 Å². The van der Waals surface area contributed by atoms with Crippen molar-refractivity contribution in [2.45, 2.75) is 44.0 Å². The van der Waals surface area contributed by atoms with Crippen LogP contribution in [0, 0.1) is 6.92 Å². The molecule has 0 amide bonds. The summed E-state index contributed by atoms with van der Waals surface area (Å²) in [6.45, 7) is 6.80. The van der Waals surface area contributed by atoms with Gasteiger partial charge in [-0.15, -0.1) is 0 Å². The van der Waals surface area contributed by atoms with Crippen LogP contribution >= 0.6 is 0 Å². The Morgan fingerprint density at radius 3 is 2.38 bits per heavy atom. The number of rotatable bonds is 2. The van der Waals surface area contributed by atoms with Gasteiger partial charge >= 0.3 is 192 Å². The van der Waals surface area contributed by atoms with Gasteiger partial charge in [-0.2, -0.15) is 0 Å². The molecule has 0 spiro atoms. The summed E-state index contributed by atoms with van der Waals surface area (Å²) in [5.41, 5.74) is 9.08. The van der Waals surface area contributed by atoms with E-state index < -0.39 is 13.3 Å². The van der Waals surface area contributed by atoms with Gasteiger partial charge in [0.15, 0.2) is 0 Å². The Bertz CT molecular complexity index is 1700. The Morgan fingerprint density at radius 1 is 0.906 bits per heavy atom. The second kappa shape index (κ2) is 6.44. The van der Waals surface area contributed by atoms with Crippen molar-refractivity contribution in [3.8, 4) is 0 Å². The number of aromatic nitrogens is 3. The first-order chi connectivity index (χ1) is 15.2. The van der Waals surface area contributed by atoms with Crippen LogP contribution in [0.1, 0.15) is 30.9 Å². The van der Waals surface area contributed by atoms with Gasteiger partial charge in [-0.05, 0) is 0 Å². The predicted molar refractivity (Wildman–Crippen MR) is 139 cm³/mol. The molecular weight excluding hydrogens is 451 g/mol. The Morgan fingerprint density at radius 2 is 1.66 bits per heavy atom. The first-order valence-electron chi connectivity index (χ1n) is 11.6. The molecule has 0 saturated heterocycles. The van der Waals surface area contributed by atoms with Crippen LogP contribution in [0.5, 0.6) is 0 Å². The second-order valence-electron chi connectivity index (χ2n) is 10.8. The van der Waals surface area contributed by atoms with E-state index in [0.29, 0.717) is 5.92 Å². The molecule has 3 nitrogen and oxygen atoms in total. The Balaban J connectivity index is 2.02. The van der Waals surface area contributed by atoms with Crippen LogP contribution in [0.15, 0.2) is 48.8 Å². The van der Waals surface area contributed by atoms with Crippen LogP contribution < -0.4 is 8.96 Å². The quantitative estimate of drug-likeness (QED) is 0.125. The fourth-order valence-corrected chi connectivity index (χ4v) is 7.77. The van der Waals surface area contributed by atoms with Crippen molar-refractivity contribution in [2.24, 2.45) is 7.05 Å². The van der Waals surface area contributed by atoms with Crippen molar-refractivity contribution < 1.29 is 4.57 Å². The molecule has 0 fully saturated rings. The van der Waals surface area contributed by atoms with Crippen LogP contribution in [0.4, 0.5) is 0 Å². The number of aryl methyl sites for hydroxylation is 2. The number of fused-ring (bicyclic) bond motifs is 5. The second-order valence-corrected chi connectivity index (χ2v) is 21.4. The summed E-state index contributed by atoms with van der Waals surface area (Å²) in [5, 5.41) is 5.30. The number of nitrogens with zero attached hydrogens (tertiary/aromatic N) is 3. The summed E-state index contributed by atoms with van der Waals surface area (Å²) >= 11 is -2.08. The van der Waals surface area contributed by atoms with Gasteiger partial charge < -0.3 is 0 Å². The third-order valence-corrected chi connectivity index (χ3v) is 11.5. The third kappa shape index (κ3) is 2.55. The van der Waals surface area contributed by atoms with Gasteiger partial charge in [0.2, 0.25) is 0 Å².